The molecule has 5 rings (SSSR count). The first-order chi connectivity index (χ1) is 15.9. The van der Waals surface area contributed by atoms with Gasteiger partial charge in [0.25, 0.3) is 0 Å². The van der Waals surface area contributed by atoms with E-state index in [1.54, 1.807) is 0 Å². The molecular formula is C21H8Cl6O7. The van der Waals surface area contributed by atoms with Crippen LogP contribution in [0.15, 0.2) is 42.7 Å². The number of alkyl halides is 2. The Bertz CT molecular complexity index is 1660. The maximum atomic E-state index is 13.2. The van der Waals surface area contributed by atoms with Crippen LogP contribution in [0.4, 0.5) is 0 Å². The van der Waals surface area contributed by atoms with E-state index in [1.165, 1.54) is 24.3 Å². The second-order valence-electron chi connectivity index (χ2n) is 7.24. The number of halogens is 6. The molecule has 0 bridgehead atoms. The van der Waals surface area contributed by atoms with Crippen molar-refractivity contribution in [1.29, 1.82) is 0 Å². The van der Waals surface area contributed by atoms with Crippen LogP contribution in [0.3, 0.4) is 0 Å². The Morgan fingerprint density at radius 1 is 0.824 bits per heavy atom. The summed E-state index contributed by atoms with van der Waals surface area (Å²) in [4.78, 5) is 23.8. The molecule has 2 aromatic heterocycles. The molecule has 0 saturated heterocycles. The van der Waals surface area contributed by atoms with Crippen LogP contribution in [0.2, 0.25) is 20.1 Å². The van der Waals surface area contributed by atoms with Gasteiger partial charge < -0.3 is 23.4 Å². The van der Waals surface area contributed by atoms with Crippen molar-refractivity contribution in [3.63, 3.8) is 0 Å². The highest BCUT2D eigenvalue weighted by molar-refractivity contribution is 6.40. The Balaban J connectivity index is 1.97. The average Bonchev–Trinajstić information content (AvgIpc) is 2.99. The highest BCUT2D eigenvalue weighted by Gasteiger charge is 2.66. The van der Waals surface area contributed by atoms with Crippen LogP contribution in [0.1, 0.15) is 11.1 Å². The third-order valence-electron chi connectivity index (χ3n) is 5.37. The minimum Gasteiger partial charge on any atom is -0.507 e. The van der Waals surface area contributed by atoms with Crippen LogP contribution in [0.25, 0.3) is 21.9 Å². The molecule has 2 unspecified atom stereocenters. The molecule has 3 heterocycles. The molecular weight excluding hydrogens is 577 g/mol. The Kier molecular flexibility index (Phi) is 5.50. The lowest BCUT2D eigenvalue weighted by molar-refractivity contribution is -0.0984. The standard InChI is InChI=1S/C21H8Cl6O7/c1-31-21(27)20(26,12-14(28)8-2-6(22)4-10(24)15(8)32-18(12)29)13-17(34-21)9-3-7(23)5-11(25)16(9)33-19(13)30/h2-5,28H,1H3. The fraction of sp³-hybridized carbons (Fsp3) is 0.143. The van der Waals surface area contributed by atoms with Gasteiger partial charge in [-0.3, -0.25) is 0 Å². The molecule has 0 spiro atoms. The zero-order chi connectivity index (χ0) is 24.7. The van der Waals surface area contributed by atoms with Gasteiger partial charge in [-0.1, -0.05) is 58.0 Å². The van der Waals surface area contributed by atoms with Gasteiger partial charge in [-0.25, -0.2) is 9.59 Å². The van der Waals surface area contributed by atoms with Crippen molar-refractivity contribution in [2.24, 2.45) is 0 Å². The van der Waals surface area contributed by atoms with Gasteiger partial charge in [-0.05, 0) is 35.9 Å². The van der Waals surface area contributed by atoms with E-state index in [0.29, 0.717) is 0 Å². The second kappa shape index (κ2) is 7.83. The van der Waals surface area contributed by atoms with Crippen molar-refractivity contribution in [3.05, 3.63) is 76.3 Å². The summed E-state index contributed by atoms with van der Waals surface area (Å²) in [6, 6.07) is 5.34. The van der Waals surface area contributed by atoms with E-state index in [1.807, 2.05) is 0 Å². The van der Waals surface area contributed by atoms with Gasteiger partial charge in [0.15, 0.2) is 16.0 Å². The summed E-state index contributed by atoms with van der Waals surface area (Å²) in [6.45, 7) is 0. The molecule has 0 aliphatic carbocycles. The predicted molar refractivity (Wildman–Crippen MR) is 130 cm³/mol. The molecule has 2 aromatic carbocycles. The molecule has 0 amide bonds. The minimum atomic E-state index is -2.48. The zero-order valence-electron chi connectivity index (χ0n) is 16.5. The summed E-state index contributed by atoms with van der Waals surface area (Å²) in [5.41, 5.74) is -3.60. The van der Waals surface area contributed by atoms with E-state index in [2.05, 4.69) is 0 Å². The minimum absolute atomic E-state index is 0.00742. The number of rotatable bonds is 2. The van der Waals surface area contributed by atoms with E-state index in [0.717, 1.165) is 7.11 Å². The number of benzene rings is 2. The Morgan fingerprint density at radius 3 is 1.88 bits per heavy atom. The summed E-state index contributed by atoms with van der Waals surface area (Å²) in [5.74, 6) is -0.932. The number of hydrogen-bond donors (Lipinski definition) is 1. The van der Waals surface area contributed by atoms with Crippen LogP contribution >= 0.6 is 69.6 Å². The Hall–Kier alpha value is -1.84. The molecule has 34 heavy (non-hydrogen) atoms. The number of ether oxygens (including phenoxy) is 2. The van der Waals surface area contributed by atoms with E-state index in [-0.39, 0.29) is 47.8 Å². The van der Waals surface area contributed by atoms with Gasteiger partial charge in [-0.2, -0.15) is 0 Å². The van der Waals surface area contributed by atoms with E-state index in [4.69, 9.17) is 87.9 Å². The maximum Gasteiger partial charge on any atom is 0.345 e. The van der Waals surface area contributed by atoms with Gasteiger partial charge in [0.2, 0.25) is 0 Å². The first-order valence-corrected chi connectivity index (χ1v) is 11.4. The Morgan fingerprint density at radius 2 is 1.32 bits per heavy atom. The van der Waals surface area contributed by atoms with Gasteiger partial charge in [-0.15, -0.1) is 0 Å². The molecule has 0 saturated carbocycles. The number of hydrogen-bond acceptors (Lipinski definition) is 7. The maximum absolute atomic E-state index is 13.2. The monoisotopic (exact) mass is 582 g/mol. The van der Waals surface area contributed by atoms with Gasteiger partial charge in [0.05, 0.1) is 20.8 Å². The average molecular weight is 585 g/mol. The first kappa shape index (κ1) is 23.9. The van der Waals surface area contributed by atoms with Crippen molar-refractivity contribution in [2.75, 3.05) is 7.11 Å². The van der Waals surface area contributed by atoms with Gasteiger partial charge in [0, 0.05) is 17.2 Å². The second-order valence-corrected chi connectivity index (χ2v) is 9.99. The summed E-state index contributed by atoms with van der Waals surface area (Å²) < 4.78 is 21.8. The van der Waals surface area contributed by atoms with Crippen LogP contribution in [-0.2, 0) is 9.61 Å². The summed E-state index contributed by atoms with van der Waals surface area (Å²) in [5, 5.41) is 9.01. The van der Waals surface area contributed by atoms with Crippen molar-refractivity contribution in [1.82, 2.24) is 0 Å². The summed E-state index contributed by atoms with van der Waals surface area (Å²) in [7, 11) is 1.12. The molecule has 2 atom stereocenters. The first-order valence-electron chi connectivity index (χ1n) is 9.16. The lowest BCUT2D eigenvalue weighted by atomic mass is 9.90. The third-order valence-corrected chi connectivity index (χ3v) is 7.61. The smallest absolute Gasteiger partial charge is 0.345 e. The molecule has 1 aliphatic heterocycles. The topological polar surface area (TPSA) is 99.1 Å². The largest absolute Gasteiger partial charge is 0.507 e. The van der Waals surface area contributed by atoms with Crippen LogP contribution in [-0.4, -0.2) is 17.5 Å². The molecule has 7 nitrogen and oxygen atoms in total. The lowest BCUT2D eigenvalue weighted by Crippen LogP contribution is -2.49. The van der Waals surface area contributed by atoms with Gasteiger partial charge >= 0.3 is 16.5 Å². The van der Waals surface area contributed by atoms with Crippen LogP contribution in [0, 0.1) is 0 Å². The van der Waals surface area contributed by atoms with E-state index < -0.39 is 38.2 Å². The van der Waals surface area contributed by atoms with E-state index in [9.17, 15) is 14.7 Å². The molecule has 0 radical (unpaired) electrons. The normalized spacial score (nSPS) is 21.7. The molecule has 4 aromatic rings. The van der Waals surface area contributed by atoms with Crippen molar-refractivity contribution < 1.29 is 23.4 Å². The van der Waals surface area contributed by atoms with Crippen molar-refractivity contribution >= 4 is 91.5 Å². The summed E-state index contributed by atoms with van der Waals surface area (Å²) >= 11 is 38.0. The lowest BCUT2D eigenvalue weighted by Gasteiger charge is -2.32. The predicted octanol–water partition coefficient (Wildman–Crippen LogP) is 6.63. The van der Waals surface area contributed by atoms with Crippen LogP contribution < -0.4 is 16.0 Å². The van der Waals surface area contributed by atoms with E-state index >= 15 is 0 Å². The van der Waals surface area contributed by atoms with Crippen molar-refractivity contribution in [2.45, 2.75) is 10.1 Å². The van der Waals surface area contributed by atoms with Crippen molar-refractivity contribution in [3.8, 4) is 11.5 Å². The third kappa shape index (κ3) is 3.09. The highest BCUT2D eigenvalue weighted by Crippen LogP contribution is 2.60. The summed E-state index contributed by atoms with van der Waals surface area (Å²) in [6.07, 6.45) is 0. The molecule has 1 N–H and O–H groups in total. The SMILES string of the molecule is COC1(Cl)Oc2c(c(=O)oc3c(Cl)cc(Cl)cc23)C1(Cl)c1c(O)c2cc(Cl)cc(Cl)c2oc1=O. The molecule has 176 valence electrons. The zero-order valence-corrected chi connectivity index (χ0v) is 21.0. The molecule has 13 heteroatoms. The quantitative estimate of drug-likeness (QED) is 0.208. The molecule has 0 fully saturated rings. The number of methoxy groups -OCH3 is 1. The molecule has 1 aliphatic rings. The van der Waals surface area contributed by atoms with Gasteiger partial charge in [0.1, 0.15) is 22.6 Å². The number of fused-ring (bicyclic) bond motifs is 4. The fourth-order valence-electron chi connectivity index (χ4n) is 3.93. The fourth-order valence-corrected chi connectivity index (χ4v) is 5.71. The van der Waals surface area contributed by atoms with Crippen LogP contribution in [0.5, 0.6) is 11.5 Å². The number of aromatic hydroxyl groups is 1. The Labute approximate surface area is 219 Å². The highest BCUT2D eigenvalue weighted by atomic mass is 35.5.